The molecule has 2 N–H and O–H groups in total. The molecule has 0 aliphatic carbocycles. The number of anilines is 1. The zero-order chi connectivity index (χ0) is 14.7. The van der Waals surface area contributed by atoms with Crippen LogP contribution in [0.1, 0.15) is 17.3 Å². The number of methoxy groups -OCH3 is 1. The van der Waals surface area contributed by atoms with Crippen LogP contribution in [0, 0.1) is 6.92 Å². The Morgan fingerprint density at radius 1 is 1.40 bits per heavy atom. The number of hydrogen-bond acceptors (Lipinski definition) is 4. The Hall–Kier alpha value is -2.01. The fourth-order valence-electron chi connectivity index (χ4n) is 2.43. The van der Waals surface area contributed by atoms with Gasteiger partial charge < -0.3 is 15.4 Å². The average molecular weight is 274 g/mol. The van der Waals surface area contributed by atoms with Crippen molar-refractivity contribution in [3.8, 4) is 5.75 Å². The molecule has 0 spiro atoms. The van der Waals surface area contributed by atoms with Crippen LogP contribution >= 0.6 is 0 Å². The lowest BCUT2D eigenvalue weighted by atomic mass is 10.1. The topological polar surface area (TPSA) is 56.3 Å². The number of nitrogens with two attached hydrogens (primary N) is 1. The molecule has 0 bridgehead atoms. The third-order valence-corrected chi connectivity index (χ3v) is 3.79. The summed E-state index contributed by atoms with van der Waals surface area (Å²) >= 11 is 0. The van der Waals surface area contributed by atoms with E-state index < -0.39 is 0 Å². The van der Waals surface area contributed by atoms with Gasteiger partial charge in [-0.05, 0) is 19.1 Å². The lowest BCUT2D eigenvalue weighted by Crippen LogP contribution is -2.31. The monoisotopic (exact) mass is 274 g/mol. The first-order valence-corrected chi connectivity index (χ1v) is 6.64. The van der Waals surface area contributed by atoms with Crippen LogP contribution in [0.25, 0.3) is 0 Å². The van der Waals surface area contributed by atoms with Crippen LogP contribution in [0.4, 0.5) is 5.69 Å². The van der Waals surface area contributed by atoms with Crippen molar-refractivity contribution in [1.29, 1.82) is 0 Å². The highest BCUT2D eigenvalue weighted by molar-refractivity contribution is 5.59. The van der Waals surface area contributed by atoms with Crippen LogP contribution in [0.3, 0.4) is 0 Å². The van der Waals surface area contributed by atoms with E-state index in [1.807, 2.05) is 49.2 Å². The number of ether oxygens (including phenoxy) is 1. The van der Waals surface area contributed by atoms with Crippen molar-refractivity contribution in [2.24, 2.45) is 12.8 Å². The molecular weight excluding hydrogens is 252 g/mol. The molecular formula is C15H22N4O. The number of likely N-dealkylation sites (N-methyl/N-ethyl adjacent to an activating group) is 1. The molecule has 2 rings (SSSR count). The summed E-state index contributed by atoms with van der Waals surface area (Å²) in [5.74, 6) is 0.843. The molecule has 0 saturated carbocycles. The van der Waals surface area contributed by atoms with Crippen LogP contribution in [0.2, 0.25) is 0 Å². The van der Waals surface area contributed by atoms with Crippen LogP contribution in [0.15, 0.2) is 30.5 Å². The summed E-state index contributed by atoms with van der Waals surface area (Å²) in [7, 11) is 5.65. The summed E-state index contributed by atoms with van der Waals surface area (Å²) < 4.78 is 7.30. The molecule has 0 aliphatic heterocycles. The molecule has 20 heavy (non-hydrogen) atoms. The maximum absolute atomic E-state index is 5.99. The highest BCUT2D eigenvalue weighted by Gasteiger charge is 2.22. The summed E-state index contributed by atoms with van der Waals surface area (Å²) in [6.07, 6.45) is 1.89. The fourth-order valence-corrected chi connectivity index (χ4v) is 2.43. The maximum atomic E-state index is 5.99. The van der Waals surface area contributed by atoms with Crippen molar-refractivity contribution >= 4 is 5.69 Å². The minimum atomic E-state index is 0.0694. The minimum Gasteiger partial charge on any atom is -0.495 e. The number of rotatable bonds is 5. The summed E-state index contributed by atoms with van der Waals surface area (Å²) in [6, 6.07) is 8.02. The van der Waals surface area contributed by atoms with Gasteiger partial charge in [-0.2, -0.15) is 5.10 Å². The normalized spacial score (nSPS) is 12.2. The Morgan fingerprint density at radius 2 is 2.10 bits per heavy atom. The Kier molecular flexibility index (Phi) is 4.29. The van der Waals surface area contributed by atoms with Gasteiger partial charge in [0.05, 0.1) is 25.0 Å². The first kappa shape index (κ1) is 14.4. The summed E-state index contributed by atoms with van der Waals surface area (Å²) in [5, 5.41) is 4.31. The Bertz CT molecular complexity index is 579. The predicted molar refractivity (Wildman–Crippen MR) is 81.1 cm³/mol. The predicted octanol–water partition coefficient (Wildman–Crippen LogP) is 1.87. The lowest BCUT2D eigenvalue weighted by Gasteiger charge is -2.30. The quantitative estimate of drug-likeness (QED) is 0.904. The number of nitrogens with zero attached hydrogens (tertiary/aromatic N) is 3. The van der Waals surface area contributed by atoms with Crippen LogP contribution in [-0.2, 0) is 7.05 Å². The average Bonchev–Trinajstić information content (AvgIpc) is 2.80. The lowest BCUT2D eigenvalue weighted by molar-refractivity contribution is 0.413. The summed E-state index contributed by atoms with van der Waals surface area (Å²) in [5.41, 5.74) is 9.28. The molecule has 0 fully saturated rings. The molecule has 108 valence electrons. The fraction of sp³-hybridized carbons (Fsp3) is 0.400. The molecule has 5 nitrogen and oxygen atoms in total. The standard InChI is InChI=1S/C15H22N4O/c1-11-12(10-17-19(11)3)14(9-16)18(2)13-7-5-6-8-15(13)20-4/h5-8,10,14H,9,16H2,1-4H3. The molecule has 0 aliphatic rings. The molecule has 0 amide bonds. The highest BCUT2D eigenvalue weighted by atomic mass is 16.5. The van der Waals surface area contributed by atoms with Gasteiger partial charge in [-0.25, -0.2) is 0 Å². The van der Waals surface area contributed by atoms with Gasteiger partial charge >= 0.3 is 0 Å². The van der Waals surface area contributed by atoms with Gasteiger partial charge in [0.25, 0.3) is 0 Å². The second kappa shape index (κ2) is 5.96. The van der Waals surface area contributed by atoms with Gasteiger partial charge in [-0.3, -0.25) is 4.68 Å². The van der Waals surface area contributed by atoms with E-state index in [1.54, 1.807) is 7.11 Å². The van der Waals surface area contributed by atoms with E-state index in [-0.39, 0.29) is 6.04 Å². The highest BCUT2D eigenvalue weighted by Crippen LogP contribution is 2.33. The van der Waals surface area contributed by atoms with Gasteiger partial charge in [-0.1, -0.05) is 12.1 Å². The summed E-state index contributed by atoms with van der Waals surface area (Å²) in [6.45, 7) is 2.57. The molecule has 1 aromatic carbocycles. The van der Waals surface area contributed by atoms with Gasteiger partial charge in [-0.15, -0.1) is 0 Å². The van der Waals surface area contributed by atoms with E-state index in [0.29, 0.717) is 6.54 Å². The minimum absolute atomic E-state index is 0.0694. The first-order chi connectivity index (χ1) is 9.60. The van der Waals surface area contributed by atoms with Crippen molar-refractivity contribution in [3.05, 3.63) is 41.7 Å². The van der Waals surface area contributed by atoms with Crippen molar-refractivity contribution in [3.63, 3.8) is 0 Å². The van der Waals surface area contributed by atoms with Crippen molar-refractivity contribution in [2.45, 2.75) is 13.0 Å². The third-order valence-electron chi connectivity index (χ3n) is 3.79. The number of aromatic nitrogens is 2. The second-order valence-corrected chi connectivity index (χ2v) is 4.84. The second-order valence-electron chi connectivity index (χ2n) is 4.84. The van der Waals surface area contributed by atoms with Crippen molar-refractivity contribution in [2.75, 3.05) is 25.6 Å². The SMILES string of the molecule is COc1ccccc1N(C)C(CN)c1cnn(C)c1C. The molecule has 1 atom stereocenters. The van der Waals surface area contributed by atoms with Crippen molar-refractivity contribution in [1.82, 2.24) is 9.78 Å². The number of hydrogen-bond donors (Lipinski definition) is 1. The van der Waals surface area contributed by atoms with E-state index in [1.165, 1.54) is 0 Å². The van der Waals surface area contributed by atoms with Gasteiger partial charge in [0, 0.05) is 31.9 Å². The van der Waals surface area contributed by atoms with E-state index in [2.05, 4.69) is 16.9 Å². The molecule has 1 aromatic heterocycles. The molecule has 1 unspecified atom stereocenters. The zero-order valence-electron chi connectivity index (χ0n) is 12.5. The molecule has 5 heteroatoms. The largest absolute Gasteiger partial charge is 0.495 e. The van der Waals surface area contributed by atoms with Gasteiger partial charge in [0.2, 0.25) is 0 Å². The van der Waals surface area contributed by atoms with Crippen LogP contribution in [-0.4, -0.2) is 30.5 Å². The Balaban J connectivity index is 2.39. The van der Waals surface area contributed by atoms with E-state index >= 15 is 0 Å². The number of benzene rings is 1. The van der Waals surface area contributed by atoms with Gasteiger partial charge in [0.15, 0.2) is 0 Å². The van der Waals surface area contributed by atoms with E-state index in [4.69, 9.17) is 10.5 Å². The molecule has 0 saturated heterocycles. The first-order valence-electron chi connectivity index (χ1n) is 6.64. The number of para-hydroxylation sites is 2. The Morgan fingerprint density at radius 3 is 2.65 bits per heavy atom. The number of aryl methyl sites for hydroxylation is 1. The third kappa shape index (κ3) is 2.49. The summed E-state index contributed by atoms with van der Waals surface area (Å²) in [4.78, 5) is 2.14. The molecule has 1 heterocycles. The van der Waals surface area contributed by atoms with Crippen LogP contribution in [0.5, 0.6) is 5.75 Å². The van der Waals surface area contributed by atoms with Crippen molar-refractivity contribution < 1.29 is 4.74 Å². The maximum Gasteiger partial charge on any atom is 0.142 e. The smallest absolute Gasteiger partial charge is 0.142 e. The zero-order valence-corrected chi connectivity index (χ0v) is 12.5. The van der Waals surface area contributed by atoms with E-state index in [0.717, 1.165) is 22.7 Å². The molecule has 0 radical (unpaired) electrons. The van der Waals surface area contributed by atoms with Gasteiger partial charge in [0.1, 0.15) is 5.75 Å². The van der Waals surface area contributed by atoms with E-state index in [9.17, 15) is 0 Å². The molecule has 2 aromatic rings. The Labute approximate surface area is 119 Å². The van der Waals surface area contributed by atoms with Crippen LogP contribution < -0.4 is 15.4 Å².